The van der Waals surface area contributed by atoms with Crippen molar-refractivity contribution in [2.45, 2.75) is 188 Å². The largest absolute Gasteiger partial charge is 0.394 e. The zero-order valence-electron chi connectivity index (χ0n) is 40.4. The third kappa shape index (κ3) is 18.0. The van der Waals surface area contributed by atoms with Gasteiger partial charge in [-0.3, -0.25) is 24.1 Å². The molecule has 0 aromatic rings. The Kier molecular flexibility index (Phi) is 26.5. The van der Waals surface area contributed by atoms with Gasteiger partial charge in [-0.05, 0) is 33.1 Å². The number of ketones is 2. The van der Waals surface area contributed by atoms with Crippen LogP contribution in [0.3, 0.4) is 0 Å². The van der Waals surface area contributed by atoms with Crippen LogP contribution in [0.2, 0.25) is 0 Å². The fourth-order valence-corrected chi connectivity index (χ4v) is 8.38. The summed E-state index contributed by atoms with van der Waals surface area (Å²) in [5, 5.41) is 139. The quantitative estimate of drug-likeness (QED) is 0.0297. The van der Waals surface area contributed by atoms with E-state index in [1.165, 1.54) is 11.8 Å². The molecule has 28 nitrogen and oxygen atoms in total. The van der Waals surface area contributed by atoms with E-state index in [0.717, 1.165) is 0 Å². The third-order valence-corrected chi connectivity index (χ3v) is 12.6. The second kappa shape index (κ2) is 30.8. The standard InChI is InChI=1S/C44H77N3O25/c1-3-45-27(52)11-7-5-4-6-9-22(50)15-47(16-23(51)10-8-13-65-41-36(61)33(58)29(54)21(2)68-41)17-28(53)46-12-14-66-43-39(64)40(72-44-38(63)35(60)31(56)25(19-49)70-44)32(57)26(71-43)20-67-42-37(62)34(59)30(55)24(18-48)69-42/h21,24-26,29-44,48-49,54-64H,3-20H2,1-2H3,(H,45,52)(H,46,53)/t21-,24+,25+,26+,29+,30+,31+,32+,33+,34-,35-,36-,37-,38-,39+,40-,41+,42-,43+,44+/m0/s1. The van der Waals surface area contributed by atoms with E-state index in [9.17, 15) is 85.6 Å². The Hall–Kier alpha value is -2.60. The molecule has 15 N–H and O–H groups in total. The predicted octanol–water partition coefficient (Wildman–Crippen LogP) is -7.89. The Balaban J connectivity index is 1.36. The number of unbranched alkanes of at least 4 members (excludes halogenated alkanes) is 3. The highest BCUT2D eigenvalue weighted by molar-refractivity contribution is 5.85. The van der Waals surface area contributed by atoms with Crippen LogP contribution in [0, 0.1) is 0 Å². The van der Waals surface area contributed by atoms with Crippen LogP contribution in [0.1, 0.15) is 65.2 Å². The van der Waals surface area contributed by atoms with Gasteiger partial charge in [0.05, 0.1) is 58.8 Å². The second-order valence-electron chi connectivity index (χ2n) is 18.3. The molecule has 0 unspecified atom stereocenters. The number of aliphatic hydroxyl groups is 13. The molecular weight excluding hydrogens is 970 g/mol. The maximum absolute atomic E-state index is 13.3. The van der Waals surface area contributed by atoms with Crippen LogP contribution in [0.15, 0.2) is 0 Å². The molecular formula is C44H77N3O25. The Morgan fingerprint density at radius 2 is 0.986 bits per heavy atom. The molecule has 0 bridgehead atoms. The molecule has 4 rings (SSSR count). The molecule has 0 aromatic heterocycles. The van der Waals surface area contributed by atoms with E-state index in [1.807, 2.05) is 6.92 Å². The minimum Gasteiger partial charge on any atom is -0.394 e. The van der Waals surface area contributed by atoms with E-state index >= 15 is 0 Å². The van der Waals surface area contributed by atoms with Crippen molar-refractivity contribution in [2.24, 2.45) is 0 Å². The van der Waals surface area contributed by atoms with Gasteiger partial charge in [0, 0.05) is 32.4 Å². The lowest BCUT2D eigenvalue weighted by molar-refractivity contribution is -0.366. The van der Waals surface area contributed by atoms with Crippen LogP contribution in [0.5, 0.6) is 0 Å². The third-order valence-electron chi connectivity index (χ3n) is 12.6. The van der Waals surface area contributed by atoms with Gasteiger partial charge in [-0.2, -0.15) is 0 Å². The van der Waals surface area contributed by atoms with Crippen molar-refractivity contribution in [3.63, 3.8) is 0 Å². The summed E-state index contributed by atoms with van der Waals surface area (Å²) in [5.74, 6) is -1.32. The second-order valence-corrected chi connectivity index (χ2v) is 18.3. The molecule has 0 radical (unpaired) electrons. The number of nitrogens with one attached hydrogen (secondary N) is 2. The van der Waals surface area contributed by atoms with Crippen molar-refractivity contribution in [1.82, 2.24) is 15.5 Å². The molecule has 4 heterocycles. The molecule has 4 aliphatic heterocycles. The van der Waals surface area contributed by atoms with Crippen LogP contribution in [0.25, 0.3) is 0 Å². The smallest absolute Gasteiger partial charge is 0.234 e. The first kappa shape index (κ1) is 61.9. The van der Waals surface area contributed by atoms with Crippen LogP contribution in [-0.2, 0) is 57.1 Å². The number of carbonyl (C=O) groups is 4. The average Bonchev–Trinajstić information content (AvgIpc) is 3.34. The first-order valence-electron chi connectivity index (χ1n) is 24.3. The molecule has 418 valence electrons. The van der Waals surface area contributed by atoms with Gasteiger partial charge in [0.15, 0.2) is 25.2 Å². The van der Waals surface area contributed by atoms with Gasteiger partial charge in [0.25, 0.3) is 0 Å². The Labute approximate surface area is 415 Å². The maximum Gasteiger partial charge on any atom is 0.234 e. The number of aliphatic hydroxyl groups excluding tert-OH is 13. The number of hydrogen-bond donors (Lipinski definition) is 15. The average molecular weight is 1050 g/mol. The van der Waals surface area contributed by atoms with Crippen molar-refractivity contribution in [3.8, 4) is 0 Å². The Morgan fingerprint density at radius 1 is 0.486 bits per heavy atom. The molecule has 20 atom stereocenters. The SMILES string of the molecule is CCNC(=O)CCCCCCC(=O)CN(CC(=O)CCCO[C@@H]1O[C@@H](C)[C@@H](O)[C@@H](O)[C@@H]1O)CC(=O)NCCO[C@@H]1O[C@H](CO[C@H]2O[C@H](CO)[C@@H](O)[C@H](O)[C@@H]2O)[C@@H](O)[C@H](O[C@H]2O[C@H](CO)[C@@H](O)[C@H](O)[C@@H]2O)[C@H]1O. The number of rotatable bonds is 30. The lowest BCUT2D eigenvalue weighted by atomic mass is 9.96. The van der Waals surface area contributed by atoms with Crippen LogP contribution < -0.4 is 10.6 Å². The molecule has 72 heavy (non-hydrogen) atoms. The lowest BCUT2D eigenvalue weighted by Crippen LogP contribution is -2.65. The summed E-state index contributed by atoms with van der Waals surface area (Å²) in [7, 11) is 0. The number of amides is 2. The molecule has 4 fully saturated rings. The lowest BCUT2D eigenvalue weighted by Gasteiger charge is -2.46. The number of Topliss-reactive ketones (excluding diaryl/α,β-unsaturated/α-hetero) is 2. The zero-order chi connectivity index (χ0) is 53.2. The van der Waals surface area contributed by atoms with Crippen LogP contribution in [-0.4, -0.2) is 283 Å². The van der Waals surface area contributed by atoms with Gasteiger partial charge < -0.3 is 115 Å². The monoisotopic (exact) mass is 1050 g/mol. The predicted molar refractivity (Wildman–Crippen MR) is 238 cm³/mol. The van der Waals surface area contributed by atoms with Crippen molar-refractivity contribution >= 4 is 23.4 Å². The maximum atomic E-state index is 13.3. The summed E-state index contributed by atoms with van der Waals surface area (Å²) >= 11 is 0. The number of carbonyl (C=O) groups excluding carboxylic acids is 4. The van der Waals surface area contributed by atoms with Crippen molar-refractivity contribution < 1.29 is 123 Å². The van der Waals surface area contributed by atoms with Crippen LogP contribution >= 0.6 is 0 Å². The summed E-state index contributed by atoms with van der Waals surface area (Å²) in [6.45, 7) is -0.223. The van der Waals surface area contributed by atoms with E-state index in [4.69, 9.17) is 37.9 Å². The highest BCUT2D eigenvalue weighted by atomic mass is 16.8. The fraction of sp³-hybridized carbons (Fsp3) is 0.909. The first-order chi connectivity index (χ1) is 34.2. The molecule has 0 spiro atoms. The van der Waals surface area contributed by atoms with Crippen molar-refractivity contribution in [1.29, 1.82) is 0 Å². The number of ether oxygens (including phenoxy) is 8. The van der Waals surface area contributed by atoms with E-state index in [-0.39, 0.29) is 63.0 Å². The number of nitrogens with zero attached hydrogens (tertiary/aromatic N) is 1. The van der Waals surface area contributed by atoms with E-state index < -0.39 is 162 Å². The zero-order valence-corrected chi connectivity index (χ0v) is 40.4. The van der Waals surface area contributed by atoms with E-state index in [2.05, 4.69) is 10.6 Å². The van der Waals surface area contributed by atoms with Crippen molar-refractivity contribution in [3.05, 3.63) is 0 Å². The summed E-state index contributed by atoms with van der Waals surface area (Å²) in [6, 6.07) is 0. The Morgan fingerprint density at radius 3 is 1.58 bits per heavy atom. The summed E-state index contributed by atoms with van der Waals surface area (Å²) < 4.78 is 44.4. The van der Waals surface area contributed by atoms with Gasteiger partial charge in [-0.15, -0.1) is 0 Å². The molecule has 0 aliphatic carbocycles. The van der Waals surface area contributed by atoms with Gasteiger partial charge in [0.1, 0.15) is 103 Å². The topological polar surface area (TPSA) is 432 Å². The molecule has 2 amide bonds. The van der Waals surface area contributed by atoms with Gasteiger partial charge >= 0.3 is 0 Å². The molecule has 4 saturated heterocycles. The molecule has 4 aliphatic rings. The molecule has 0 saturated carbocycles. The Bertz CT molecular complexity index is 1640. The van der Waals surface area contributed by atoms with Gasteiger partial charge in [-0.1, -0.05) is 12.8 Å². The summed E-state index contributed by atoms with van der Waals surface area (Å²) in [6.07, 6.45) is -29.6. The molecule has 28 heteroatoms. The van der Waals surface area contributed by atoms with E-state index in [0.29, 0.717) is 38.6 Å². The normalized spacial score (nSPS) is 37.3. The van der Waals surface area contributed by atoms with E-state index in [1.54, 1.807) is 0 Å². The fourth-order valence-electron chi connectivity index (χ4n) is 8.38. The highest BCUT2D eigenvalue weighted by Gasteiger charge is 2.52. The summed E-state index contributed by atoms with van der Waals surface area (Å²) in [5.41, 5.74) is 0. The minimum absolute atomic E-state index is 0.0571. The summed E-state index contributed by atoms with van der Waals surface area (Å²) in [4.78, 5) is 52.6. The van der Waals surface area contributed by atoms with Gasteiger partial charge in [-0.25, -0.2) is 0 Å². The van der Waals surface area contributed by atoms with Crippen LogP contribution in [0.4, 0.5) is 0 Å². The highest BCUT2D eigenvalue weighted by Crippen LogP contribution is 2.31. The number of hydrogen-bond acceptors (Lipinski definition) is 26. The minimum atomic E-state index is -1.97. The van der Waals surface area contributed by atoms with Crippen molar-refractivity contribution in [2.75, 3.05) is 65.8 Å². The van der Waals surface area contributed by atoms with Gasteiger partial charge in [0.2, 0.25) is 11.8 Å². The first-order valence-corrected chi connectivity index (χ1v) is 24.3. The molecule has 0 aromatic carbocycles.